The van der Waals surface area contributed by atoms with Crippen molar-refractivity contribution < 1.29 is 34.7 Å². The van der Waals surface area contributed by atoms with Crippen molar-refractivity contribution >= 4 is 5.91 Å². The van der Waals surface area contributed by atoms with Crippen LogP contribution in [0.2, 0.25) is 0 Å². The molecule has 1 aliphatic heterocycles. The van der Waals surface area contributed by atoms with Gasteiger partial charge in [0.2, 0.25) is 6.29 Å². The first-order valence-electron chi connectivity index (χ1n) is 10.1. The van der Waals surface area contributed by atoms with Crippen molar-refractivity contribution in [2.45, 2.75) is 57.5 Å². The van der Waals surface area contributed by atoms with Crippen molar-refractivity contribution in [2.75, 3.05) is 6.61 Å². The molecule has 1 saturated heterocycles. The van der Waals surface area contributed by atoms with Crippen LogP contribution in [-0.2, 0) is 4.74 Å². The molecule has 9 heteroatoms. The van der Waals surface area contributed by atoms with Crippen LogP contribution in [0.25, 0.3) is 11.1 Å². The summed E-state index contributed by atoms with van der Waals surface area (Å²) in [4.78, 5) is 16.4. The number of pyridine rings is 1. The standard InChI is InChI=1S/C22H28N2O7/c1-11(2)24-21(29)15-7-14(8-23-9-15)13-4-5-16(12(3)6-13)30-22-20(28)19(27)18(26)17(10-25)31-22/h4-9,11,17-20,22,25-28H,10H2,1-3H3,(H,24,29)/t17-,18-,19+,20+,22+/m1/s1. The van der Waals surface area contributed by atoms with E-state index in [2.05, 4.69) is 10.3 Å². The highest BCUT2D eigenvalue weighted by molar-refractivity contribution is 5.95. The molecule has 0 bridgehead atoms. The van der Waals surface area contributed by atoms with E-state index in [9.17, 15) is 25.2 Å². The van der Waals surface area contributed by atoms with Crippen molar-refractivity contribution in [1.82, 2.24) is 10.3 Å². The maximum atomic E-state index is 12.2. The topological polar surface area (TPSA) is 141 Å². The van der Waals surface area contributed by atoms with Crippen LogP contribution in [0.1, 0.15) is 29.8 Å². The van der Waals surface area contributed by atoms with E-state index in [4.69, 9.17) is 9.47 Å². The van der Waals surface area contributed by atoms with Crippen molar-refractivity contribution in [3.8, 4) is 16.9 Å². The molecule has 0 radical (unpaired) electrons. The van der Waals surface area contributed by atoms with Crippen LogP contribution in [0.15, 0.2) is 36.7 Å². The lowest BCUT2D eigenvalue weighted by Gasteiger charge is -2.39. The van der Waals surface area contributed by atoms with Crippen LogP contribution < -0.4 is 10.1 Å². The lowest BCUT2D eigenvalue weighted by molar-refractivity contribution is -0.277. The van der Waals surface area contributed by atoms with Gasteiger partial charge in [-0.05, 0) is 50.1 Å². The Balaban J connectivity index is 1.78. The zero-order chi connectivity index (χ0) is 22.7. The number of hydrogen-bond donors (Lipinski definition) is 5. The Morgan fingerprint density at radius 2 is 1.87 bits per heavy atom. The maximum Gasteiger partial charge on any atom is 0.253 e. The smallest absolute Gasteiger partial charge is 0.253 e. The monoisotopic (exact) mass is 432 g/mol. The second-order valence-corrected chi connectivity index (χ2v) is 7.89. The zero-order valence-corrected chi connectivity index (χ0v) is 17.6. The van der Waals surface area contributed by atoms with Gasteiger partial charge in [-0.2, -0.15) is 0 Å². The van der Waals surface area contributed by atoms with E-state index < -0.39 is 37.3 Å². The minimum absolute atomic E-state index is 0.0113. The fourth-order valence-electron chi connectivity index (χ4n) is 3.32. The van der Waals surface area contributed by atoms with Crippen LogP contribution in [0.3, 0.4) is 0 Å². The Kier molecular flexibility index (Phi) is 7.24. The van der Waals surface area contributed by atoms with Crippen LogP contribution in [0, 0.1) is 6.92 Å². The Bertz CT molecular complexity index is 918. The number of nitrogens with one attached hydrogen (secondary N) is 1. The molecule has 9 nitrogen and oxygen atoms in total. The van der Waals surface area contributed by atoms with Crippen LogP contribution in [-0.4, -0.2) is 74.7 Å². The molecule has 0 unspecified atom stereocenters. The van der Waals surface area contributed by atoms with Gasteiger partial charge in [0.05, 0.1) is 12.2 Å². The molecule has 1 amide bonds. The van der Waals surface area contributed by atoms with E-state index >= 15 is 0 Å². The van der Waals surface area contributed by atoms with Crippen LogP contribution in [0.5, 0.6) is 5.75 Å². The van der Waals surface area contributed by atoms with Gasteiger partial charge in [0.25, 0.3) is 5.91 Å². The highest BCUT2D eigenvalue weighted by atomic mass is 16.7. The van der Waals surface area contributed by atoms with Gasteiger partial charge in [-0.3, -0.25) is 9.78 Å². The molecule has 3 rings (SSSR count). The number of aromatic nitrogens is 1. The Labute approximate surface area is 180 Å². The van der Waals surface area contributed by atoms with Crippen LogP contribution in [0.4, 0.5) is 0 Å². The molecule has 0 spiro atoms. The van der Waals surface area contributed by atoms with Gasteiger partial charge >= 0.3 is 0 Å². The number of aliphatic hydroxyl groups is 4. The third-order valence-electron chi connectivity index (χ3n) is 5.02. The van der Waals surface area contributed by atoms with Gasteiger partial charge in [-0.1, -0.05) is 6.07 Å². The van der Waals surface area contributed by atoms with E-state index in [-0.39, 0.29) is 11.9 Å². The summed E-state index contributed by atoms with van der Waals surface area (Å²) in [6, 6.07) is 7.04. The number of nitrogens with zero attached hydrogens (tertiary/aromatic N) is 1. The molecule has 1 aliphatic rings. The third kappa shape index (κ3) is 5.20. The normalized spacial score (nSPS) is 26.0. The first-order chi connectivity index (χ1) is 14.7. The zero-order valence-electron chi connectivity index (χ0n) is 17.6. The molecule has 1 fully saturated rings. The summed E-state index contributed by atoms with van der Waals surface area (Å²) < 4.78 is 11.1. The number of aliphatic hydroxyl groups excluding tert-OH is 4. The summed E-state index contributed by atoms with van der Waals surface area (Å²) in [5, 5.41) is 42.1. The molecular formula is C22H28N2O7. The Morgan fingerprint density at radius 3 is 2.52 bits per heavy atom. The highest BCUT2D eigenvalue weighted by Gasteiger charge is 2.44. The minimum Gasteiger partial charge on any atom is -0.462 e. The van der Waals surface area contributed by atoms with Gasteiger partial charge in [-0.25, -0.2) is 0 Å². The summed E-state index contributed by atoms with van der Waals surface area (Å²) in [5.41, 5.74) is 2.72. The minimum atomic E-state index is -1.51. The number of benzene rings is 1. The lowest BCUT2D eigenvalue weighted by Crippen LogP contribution is -2.60. The molecule has 2 heterocycles. The highest BCUT2D eigenvalue weighted by Crippen LogP contribution is 2.30. The Hall–Kier alpha value is -2.56. The predicted molar refractivity (Wildman–Crippen MR) is 111 cm³/mol. The summed E-state index contributed by atoms with van der Waals surface area (Å²) >= 11 is 0. The lowest BCUT2D eigenvalue weighted by atomic mass is 9.99. The van der Waals surface area contributed by atoms with Crippen molar-refractivity contribution in [3.63, 3.8) is 0 Å². The number of amides is 1. The molecule has 2 aromatic rings. The average Bonchev–Trinajstić information content (AvgIpc) is 2.75. The van der Waals surface area contributed by atoms with Gasteiger partial charge in [0.1, 0.15) is 30.2 Å². The average molecular weight is 432 g/mol. The Morgan fingerprint density at radius 1 is 1.13 bits per heavy atom. The molecular weight excluding hydrogens is 404 g/mol. The van der Waals surface area contributed by atoms with Crippen molar-refractivity contribution in [3.05, 3.63) is 47.8 Å². The predicted octanol–water partition coefficient (Wildman–Crippen LogP) is 0.374. The molecule has 1 aromatic carbocycles. The summed E-state index contributed by atoms with van der Waals surface area (Å²) in [5.74, 6) is 0.193. The van der Waals surface area contributed by atoms with Gasteiger partial charge < -0.3 is 35.2 Å². The summed E-state index contributed by atoms with van der Waals surface area (Å²) in [6.45, 7) is 5.03. The number of carbonyl (C=O) groups is 1. The maximum absolute atomic E-state index is 12.2. The third-order valence-corrected chi connectivity index (χ3v) is 5.02. The van der Waals surface area contributed by atoms with Gasteiger partial charge in [-0.15, -0.1) is 0 Å². The molecule has 1 aromatic heterocycles. The molecule has 5 atom stereocenters. The first kappa shape index (κ1) is 23.1. The van der Waals surface area contributed by atoms with Crippen LogP contribution >= 0.6 is 0 Å². The summed E-state index contributed by atoms with van der Waals surface area (Å²) in [7, 11) is 0. The van der Waals surface area contributed by atoms with E-state index in [1.54, 1.807) is 31.3 Å². The van der Waals surface area contributed by atoms with Crippen molar-refractivity contribution in [2.24, 2.45) is 0 Å². The second kappa shape index (κ2) is 9.71. The van der Waals surface area contributed by atoms with Gasteiger partial charge in [0, 0.05) is 24.0 Å². The molecule has 31 heavy (non-hydrogen) atoms. The number of hydrogen-bond acceptors (Lipinski definition) is 8. The number of ether oxygens (including phenoxy) is 2. The number of rotatable bonds is 6. The molecule has 0 saturated carbocycles. The fourth-order valence-corrected chi connectivity index (χ4v) is 3.32. The molecule has 0 aliphatic carbocycles. The van der Waals surface area contributed by atoms with E-state index in [0.29, 0.717) is 16.9 Å². The van der Waals surface area contributed by atoms with Crippen molar-refractivity contribution in [1.29, 1.82) is 0 Å². The van der Waals surface area contributed by atoms with E-state index in [0.717, 1.165) is 11.1 Å². The quantitative estimate of drug-likeness (QED) is 0.441. The largest absolute Gasteiger partial charge is 0.462 e. The fraction of sp³-hybridized carbons (Fsp3) is 0.455. The SMILES string of the molecule is Cc1cc(-c2cncc(C(=O)NC(C)C)c2)ccc1O[C@H]1O[C@H](CO)[C@@H](O)[C@H](O)[C@@H]1O. The number of carbonyl (C=O) groups excluding carboxylic acids is 1. The molecule has 5 N–H and O–H groups in total. The first-order valence-corrected chi connectivity index (χ1v) is 10.1. The van der Waals surface area contributed by atoms with E-state index in [1.165, 1.54) is 6.20 Å². The van der Waals surface area contributed by atoms with E-state index in [1.807, 2.05) is 19.9 Å². The van der Waals surface area contributed by atoms with Gasteiger partial charge in [0.15, 0.2) is 0 Å². The molecule has 168 valence electrons. The second-order valence-electron chi connectivity index (χ2n) is 7.89. The number of aryl methyl sites for hydroxylation is 1. The summed E-state index contributed by atoms with van der Waals surface area (Å²) in [6.07, 6.45) is -3.60.